The Morgan fingerprint density at radius 2 is 2.04 bits per heavy atom. The van der Waals surface area contributed by atoms with Crippen LogP contribution in [0.1, 0.15) is 41.7 Å². The van der Waals surface area contributed by atoms with Crippen LogP contribution in [-0.4, -0.2) is 28.5 Å². The Labute approximate surface area is 153 Å². The van der Waals surface area contributed by atoms with E-state index >= 15 is 0 Å². The highest BCUT2D eigenvalue weighted by atomic mass is 16.1. The van der Waals surface area contributed by atoms with Crippen LogP contribution in [0.25, 0.3) is 10.9 Å². The molecule has 0 bridgehead atoms. The van der Waals surface area contributed by atoms with Crippen LogP contribution in [0.4, 0.5) is 5.69 Å². The second kappa shape index (κ2) is 7.60. The molecule has 3 aromatic rings. The first kappa shape index (κ1) is 16.6. The number of nitrogens with zero attached hydrogens (tertiary/aromatic N) is 1. The molecule has 0 aliphatic heterocycles. The van der Waals surface area contributed by atoms with Crippen molar-refractivity contribution in [1.29, 1.82) is 0 Å². The normalized spacial score (nSPS) is 14.6. The van der Waals surface area contributed by atoms with E-state index in [1.165, 1.54) is 23.8 Å². The Balaban J connectivity index is 1.35. The molecule has 26 heavy (non-hydrogen) atoms. The molecule has 0 spiro atoms. The molecule has 1 amide bonds. The van der Waals surface area contributed by atoms with Crippen molar-refractivity contribution in [1.82, 2.24) is 15.3 Å². The monoisotopic (exact) mass is 348 g/mol. The van der Waals surface area contributed by atoms with Crippen molar-refractivity contribution in [2.45, 2.75) is 38.1 Å². The third-order valence-electron chi connectivity index (χ3n) is 5.08. The van der Waals surface area contributed by atoms with E-state index in [0.717, 1.165) is 37.0 Å². The number of H-pyrrole nitrogens is 1. The van der Waals surface area contributed by atoms with Gasteiger partial charge in [-0.3, -0.25) is 9.78 Å². The number of para-hydroxylation sites is 1. The van der Waals surface area contributed by atoms with Crippen molar-refractivity contribution in [2.75, 3.05) is 11.9 Å². The highest BCUT2D eigenvalue weighted by molar-refractivity contribution is 5.93. The number of aromatic nitrogens is 2. The van der Waals surface area contributed by atoms with Crippen LogP contribution < -0.4 is 10.6 Å². The zero-order valence-electron chi connectivity index (χ0n) is 14.8. The van der Waals surface area contributed by atoms with E-state index in [4.69, 9.17) is 0 Å². The van der Waals surface area contributed by atoms with Gasteiger partial charge in [-0.05, 0) is 43.0 Å². The molecule has 1 aromatic carbocycles. The van der Waals surface area contributed by atoms with Gasteiger partial charge in [0.15, 0.2) is 0 Å². The van der Waals surface area contributed by atoms with Gasteiger partial charge < -0.3 is 15.6 Å². The molecule has 1 aliphatic carbocycles. The summed E-state index contributed by atoms with van der Waals surface area (Å²) in [6, 6.07) is 12.4. The summed E-state index contributed by atoms with van der Waals surface area (Å²) >= 11 is 0. The number of hydrogen-bond donors (Lipinski definition) is 3. The van der Waals surface area contributed by atoms with Crippen LogP contribution in [0.15, 0.2) is 48.8 Å². The first-order valence-corrected chi connectivity index (χ1v) is 9.35. The maximum Gasteiger partial charge on any atom is 0.270 e. The average Bonchev–Trinajstić information content (AvgIpc) is 3.32. The fourth-order valence-electron chi connectivity index (χ4n) is 3.67. The Morgan fingerprint density at radius 3 is 2.92 bits per heavy atom. The second-order valence-corrected chi connectivity index (χ2v) is 6.92. The smallest absolute Gasteiger partial charge is 0.270 e. The van der Waals surface area contributed by atoms with E-state index in [2.05, 4.69) is 45.0 Å². The maximum absolute atomic E-state index is 12.4. The summed E-state index contributed by atoms with van der Waals surface area (Å²) in [6.45, 7) is 0.801. The quantitative estimate of drug-likeness (QED) is 0.633. The van der Waals surface area contributed by atoms with Gasteiger partial charge in [0.1, 0.15) is 5.69 Å². The topological polar surface area (TPSA) is 69.8 Å². The summed E-state index contributed by atoms with van der Waals surface area (Å²) in [5, 5.41) is 7.75. The number of benzene rings is 1. The van der Waals surface area contributed by atoms with Crippen LogP contribution in [0.5, 0.6) is 0 Å². The lowest BCUT2D eigenvalue weighted by Crippen LogP contribution is -2.33. The van der Waals surface area contributed by atoms with E-state index in [1.54, 1.807) is 6.20 Å². The standard InChI is InChI=1S/C21H24N4O/c26-21(25-16-5-1-2-6-16)20-13-17(10-12-23-20)22-11-9-15-14-24-19-8-4-3-7-18(15)19/h3-4,7-8,10,12-14,16,24H,1-2,5-6,9,11H2,(H,22,23)(H,25,26). The fraction of sp³-hybridized carbons (Fsp3) is 0.333. The van der Waals surface area contributed by atoms with Crippen LogP contribution in [0.2, 0.25) is 0 Å². The zero-order valence-corrected chi connectivity index (χ0v) is 14.8. The van der Waals surface area contributed by atoms with Crippen LogP contribution in [-0.2, 0) is 6.42 Å². The Kier molecular flexibility index (Phi) is 4.86. The number of pyridine rings is 1. The minimum absolute atomic E-state index is 0.0721. The molecular weight excluding hydrogens is 324 g/mol. The van der Waals surface area contributed by atoms with Crippen molar-refractivity contribution < 1.29 is 4.79 Å². The van der Waals surface area contributed by atoms with E-state index in [0.29, 0.717) is 11.7 Å². The summed E-state index contributed by atoms with van der Waals surface area (Å²) in [7, 11) is 0. The van der Waals surface area contributed by atoms with E-state index < -0.39 is 0 Å². The Hall–Kier alpha value is -2.82. The van der Waals surface area contributed by atoms with Gasteiger partial charge in [0.2, 0.25) is 0 Å². The zero-order chi connectivity index (χ0) is 17.8. The molecule has 1 aliphatic rings. The van der Waals surface area contributed by atoms with E-state index in [1.807, 2.05) is 18.2 Å². The predicted molar refractivity (Wildman–Crippen MR) is 104 cm³/mol. The van der Waals surface area contributed by atoms with Gasteiger partial charge >= 0.3 is 0 Å². The van der Waals surface area contributed by atoms with E-state index in [9.17, 15) is 4.79 Å². The average molecular weight is 348 g/mol. The Bertz CT molecular complexity index is 896. The second-order valence-electron chi connectivity index (χ2n) is 6.92. The molecular formula is C21H24N4O. The molecule has 1 saturated carbocycles. The SMILES string of the molecule is O=C(NC1CCCC1)c1cc(NCCc2c[nH]c3ccccc23)ccn1. The highest BCUT2D eigenvalue weighted by Crippen LogP contribution is 2.19. The van der Waals surface area contributed by atoms with Crippen molar-refractivity contribution >= 4 is 22.5 Å². The minimum atomic E-state index is -0.0721. The van der Waals surface area contributed by atoms with Crippen molar-refractivity contribution in [3.8, 4) is 0 Å². The number of rotatable bonds is 6. The first-order valence-electron chi connectivity index (χ1n) is 9.35. The molecule has 0 radical (unpaired) electrons. The highest BCUT2D eigenvalue weighted by Gasteiger charge is 2.18. The van der Waals surface area contributed by atoms with Crippen LogP contribution in [0.3, 0.4) is 0 Å². The largest absolute Gasteiger partial charge is 0.385 e. The summed E-state index contributed by atoms with van der Waals surface area (Å²) in [5.74, 6) is -0.0721. The molecule has 2 heterocycles. The lowest BCUT2D eigenvalue weighted by Gasteiger charge is -2.12. The lowest BCUT2D eigenvalue weighted by molar-refractivity contribution is 0.0933. The number of aromatic amines is 1. The van der Waals surface area contributed by atoms with Crippen LogP contribution in [0, 0.1) is 0 Å². The molecule has 0 unspecified atom stereocenters. The number of hydrogen-bond acceptors (Lipinski definition) is 3. The number of nitrogens with one attached hydrogen (secondary N) is 3. The third-order valence-corrected chi connectivity index (χ3v) is 5.08. The van der Waals surface area contributed by atoms with Crippen molar-refractivity contribution in [3.05, 3.63) is 60.0 Å². The van der Waals surface area contributed by atoms with Gasteiger partial charge in [0.25, 0.3) is 5.91 Å². The molecule has 0 saturated heterocycles. The molecule has 5 nitrogen and oxygen atoms in total. The first-order chi connectivity index (χ1) is 12.8. The summed E-state index contributed by atoms with van der Waals surface area (Å²) < 4.78 is 0. The van der Waals surface area contributed by atoms with Crippen molar-refractivity contribution in [3.63, 3.8) is 0 Å². The maximum atomic E-state index is 12.4. The van der Waals surface area contributed by atoms with Gasteiger partial charge in [-0.25, -0.2) is 0 Å². The number of carbonyl (C=O) groups is 1. The molecule has 2 aromatic heterocycles. The summed E-state index contributed by atoms with van der Waals surface area (Å²) in [4.78, 5) is 19.9. The third kappa shape index (κ3) is 3.72. The van der Waals surface area contributed by atoms with Gasteiger partial charge in [0, 0.05) is 41.6 Å². The summed E-state index contributed by atoms with van der Waals surface area (Å²) in [6.07, 6.45) is 9.23. The summed E-state index contributed by atoms with van der Waals surface area (Å²) in [5.41, 5.74) is 3.86. The lowest BCUT2D eigenvalue weighted by atomic mass is 10.1. The number of amides is 1. The van der Waals surface area contributed by atoms with Gasteiger partial charge in [-0.15, -0.1) is 0 Å². The molecule has 4 rings (SSSR count). The molecule has 5 heteroatoms. The fourth-order valence-corrected chi connectivity index (χ4v) is 3.67. The van der Waals surface area contributed by atoms with Gasteiger partial charge in [-0.1, -0.05) is 31.0 Å². The Morgan fingerprint density at radius 1 is 1.19 bits per heavy atom. The minimum Gasteiger partial charge on any atom is -0.385 e. The van der Waals surface area contributed by atoms with E-state index in [-0.39, 0.29) is 5.91 Å². The molecule has 0 atom stereocenters. The number of carbonyl (C=O) groups excluding carboxylic acids is 1. The van der Waals surface area contributed by atoms with Gasteiger partial charge in [0.05, 0.1) is 0 Å². The number of anilines is 1. The van der Waals surface area contributed by atoms with Gasteiger partial charge in [-0.2, -0.15) is 0 Å². The van der Waals surface area contributed by atoms with Crippen LogP contribution >= 0.6 is 0 Å². The molecule has 134 valence electrons. The molecule has 1 fully saturated rings. The predicted octanol–water partition coefficient (Wildman–Crippen LogP) is 3.89. The number of fused-ring (bicyclic) bond motifs is 1. The molecule has 3 N–H and O–H groups in total. The van der Waals surface area contributed by atoms with Crippen molar-refractivity contribution in [2.24, 2.45) is 0 Å².